The number of hydrogen-bond donors (Lipinski definition) is 1. The molecule has 1 aliphatic rings. The predicted molar refractivity (Wildman–Crippen MR) is 94.8 cm³/mol. The predicted octanol–water partition coefficient (Wildman–Crippen LogP) is 4.17. The molecule has 0 radical (unpaired) electrons. The third-order valence-electron chi connectivity index (χ3n) is 3.95. The first-order valence-electron chi connectivity index (χ1n) is 8.36. The van der Waals surface area contributed by atoms with E-state index in [0.717, 1.165) is 24.8 Å². The zero-order valence-corrected chi connectivity index (χ0v) is 15.2. The van der Waals surface area contributed by atoms with Crippen LogP contribution in [0.4, 0.5) is 4.79 Å². The highest BCUT2D eigenvalue weighted by Crippen LogP contribution is 2.26. The SMILES string of the molecule is C=C/C(=C\C(=C/C)C(=O)O)CC1CCN(C(=O)OC(C)(C)C)CC1. The summed E-state index contributed by atoms with van der Waals surface area (Å²) in [4.78, 5) is 24.9. The fourth-order valence-electron chi connectivity index (χ4n) is 2.65. The summed E-state index contributed by atoms with van der Waals surface area (Å²) in [5, 5.41) is 9.11. The maximum Gasteiger partial charge on any atom is 0.410 e. The smallest absolute Gasteiger partial charge is 0.410 e. The van der Waals surface area contributed by atoms with Crippen LogP contribution in [0.2, 0.25) is 0 Å². The van der Waals surface area contributed by atoms with Gasteiger partial charge in [0.05, 0.1) is 5.57 Å². The Kier molecular flexibility index (Phi) is 7.26. The molecular formula is C19H29NO4. The average Bonchev–Trinajstić information content (AvgIpc) is 2.49. The first-order valence-corrected chi connectivity index (χ1v) is 8.36. The largest absolute Gasteiger partial charge is 0.478 e. The van der Waals surface area contributed by atoms with Gasteiger partial charge in [-0.05, 0) is 64.5 Å². The standard InChI is InChI=1S/C19H29NO4/c1-6-14(13-16(7-2)17(21)22)12-15-8-10-20(11-9-15)18(23)24-19(3,4)5/h6-7,13,15H,1,8-12H2,2-5H3,(H,21,22)/b14-13+,16-7+. The molecule has 0 aromatic carbocycles. The van der Waals surface area contributed by atoms with Crippen LogP contribution < -0.4 is 0 Å². The van der Waals surface area contributed by atoms with Gasteiger partial charge >= 0.3 is 12.1 Å². The second kappa shape index (κ2) is 8.71. The molecule has 0 bridgehead atoms. The van der Waals surface area contributed by atoms with E-state index in [9.17, 15) is 9.59 Å². The van der Waals surface area contributed by atoms with Crippen LogP contribution in [0, 0.1) is 5.92 Å². The van der Waals surface area contributed by atoms with Crippen molar-refractivity contribution in [1.82, 2.24) is 4.90 Å². The van der Waals surface area contributed by atoms with Crippen LogP contribution in [-0.2, 0) is 9.53 Å². The van der Waals surface area contributed by atoms with Crippen molar-refractivity contribution in [2.24, 2.45) is 5.92 Å². The molecule has 0 spiro atoms. The molecule has 0 aromatic heterocycles. The van der Waals surface area contributed by atoms with Crippen LogP contribution in [0.15, 0.2) is 36.0 Å². The van der Waals surface area contributed by atoms with Crippen LogP contribution >= 0.6 is 0 Å². The van der Waals surface area contributed by atoms with Crippen LogP contribution in [-0.4, -0.2) is 40.8 Å². The summed E-state index contributed by atoms with van der Waals surface area (Å²) < 4.78 is 5.39. The average molecular weight is 335 g/mol. The fourth-order valence-corrected chi connectivity index (χ4v) is 2.65. The van der Waals surface area contributed by atoms with Crippen LogP contribution in [0.1, 0.15) is 47.0 Å². The molecule has 5 heteroatoms. The van der Waals surface area contributed by atoms with Crippen LogP contribution in [0.25, 0.3) is 0 Å². The van der Waals surface area contributed by atoms with Crippen molar-refractivity contribution in [3.05, 3.63) is 36.0 Å². The molecule has 0 atom stereocenters. The van der Waals surface area contributed by atoms with Crippen molar-refractivity contribution < 1.29 is 19.4 Å². The number of ether oxygens (including phenoxy) is 1. The number of aliphatic carboxylic acids is 1. The van der Waals surface area contributed by atoms with Gasteiger partial charge in [-0.3, -0.25) is 0 Å². The summed E-state index contributed by atoms with van der Waals surface area (Å²) in [5.74, 6) is -0.517. The monoisotopic (exact) mass is 335 g/mol. The first kappa shape index (κ1) is 20.0. The molecule has 1 saturated heterocycles. The highest BCUT2D eigenvalue weighted by molar-refractivity contribution is 5.90. The van der Waals surface area contributed by atoms with Crippen molar-refractivity contribution in [1.29, 1.82) is 0 Å². The molecule has 134 valence electrons. The van der Waals surface area contributed by atoms with Gasteiger partial charge in [0.1, 0.15) is 5.60 Å². The van der Waals surface area contributed by atoms with Crippen molar-refractivity contribution in [2.75, 3.05) is 13.1 Å². The lowest BCUT2D eigenvalue weighted by atomic mass is 9.89. The molecule has 1 amide bonds. The lowest BCUT2D eigenvalue weighted by molar-refractivity contribution is -0.132. The molecular weight excluding hydrogens is 306 g/mol. The van der Waals surface area contributed by atoms with Gasteiger partial charge in [0.2, 0.25) is 0 Å². The number of nitrogens with zero attached hydrogens (tertiary/aromatic N) is 1. The Bertz CT molecular complexity index is 532. The van der Waals surface area contributed by atoms with Crippen molar-refractivity contribution >= 4 is 12.1 Å². The van der Waals surface area contributed by atoms with Gasteiger partial charge in [-0.1, -0.05) is 18.7 Å². The lowest BCUT2D eigenvalue weighted by Gasteiger charge is -2.33. The number of rotatable bonds is 5. The van der Waals surface area contributed by atoms with Crippen molar-refractivity contribution in [2.45, 2.75) is 52.6 Å². The van der Waals surface area contributed by atoms with E-state index in [2.05, 4.69) is 6.58 Å². The Morgan fingerprint density at radius 2 is 1.88 bits per heavy atom. The minimum atomic E-state index is -0.934. The van der Waals surface area contributed by atoms with Crippen LogP contribution in [0.5, 0.6) is 0 Å². The minimum absolute atomic E-state index is 0.262. The van der Waals surface area contributed by atoms with E-state index in [1.54, 1.807) is 30.1 Å². The van der Waals surface area contributed by atoms with Crippen molar-refractivity contribution in [3.8, 4) is 0 Å². The number of allylic oxidation sites excluding steroid dienone is 3. The second-order valence-electron chi connectivity index (χ2n) is 7.09. The second-order valence-corrected chi connectivity index (χ2v) is 7.09. The number of piperidine rings is 1. The van der Waals surface area contributed by atoms with E-state index in [0.29, 0.717) is 19.0 Å². The quantitative estimate of drug-likeness (QED) is 0.605. The number of carboxylic acids is 1. The Hall–Kier alpha value is -2.04. The number of carbonyl (C=O) groups is 2. The summed E-state index contributed by atoms with van der Waals surface area (Å²) in [6.07, 6.45) is 7.24. The number of carbonyl (C=O) groups excluding carboxylic acids is 1. The highest BCUT2D eigenvalue weighted by atomic mass is 16.6. The zero-order valence-electron chi connectivity index (χ0n) is 15.2. The van der Waals surface area contributed by atoms with Gasteiger partial charge in [-0.2, -0.15) is 0 Å². The highest BCUT2D eigenvalue weighted by Gasteiger charge is 2.27. The van der Waals surface area contributed by atoms with E-state index >= 15 is 0 Å². The molecule has 0 unspecified atom stereocenters. The minimum Gasteiger partial charge on any atom is -0.478 e. The number of amides is 1. The van der Waals surface area contributed by atoms with Gasteiger partial charge in [0, 0.05) is 13.1 Å². The molecule has 1 aliphatic heterocycles. The molecule has 24 heavy (non-hydrogen) atoms. The normalized spacial score (nSPS) is 17.6. The van der Waals surface area contributed by atoms with E-state index in [-0.39, 0.29) is 11.7 Å². The summed E-state index contributed by atoms with van der Waals surface area (Å²) >= 11 is 0. The molecule has 1 heterocycles. The summed E-state index contributed by atoms with van der Waals surface area (Å²) in [5.41, 5.74) is 0.712. The lowest BCUT2D eigenvalue weighted by Crippen LogP contribution is -2.41. The van der Waals surface area contributed by atoms with Gasteiger partial charge < -0.3 is 14.7 Å². The summed E-state index contributed by atoms with van der Waals surface area (Å²) in [6.45, 7) is 12.4. The molecule has 1 N–H and O–H groups in total. The maximum atomic E-state index is 12.1. The topological polar surface area (TPSA) is 66.8 Å². The maximum absolute atomic E-state index is 12.1. The number of likely N-dealkylation sites (tertiary alicyclic amines) is 1. The van der Waals surface area contributed by atoms with E-state index in [4.69, 9.17) is 9.84 Å². The third-order valence-corrected chi connectivity index (χ3v) is 3.95. The first-order chi connectivity index (χ1) is 11.2. The Morgan fingerprint density at radius 3 is 2.29 bits per heavy atom. The van der Waals surface area contributed by atoms with Gasteiger partial charge in [0.15, 0.2) is 0 Å². The van der Waals surface area contributed by atoms with E-state index in [1.807, 2.05) is 20.8 Å². The van der Waals surface area contributed by atoms with Crippen LogP contribution in [0.3, 0.4) is 0 Å². The Balaban J connectivity index is 2.59. The molecule has 5 nitrogen and oxygen atoms in total. The third kappa shape index (κ3) is 6.60. The summed E-state index contributed by atoms with van der Waals surface area (Å²) in [7, 11) is 0. The molecule has 1 fully saturated rings. The van der Waals surface area contributed by atoms with Gasteiger partial charge in [-0.25, -0.2) is 9.59 Å². The Morgan fingerprint density at radius 1 is 1.29 bits per heavy atom. The molecule has 1 rings (SSSR count). The summed E-state index contributed by atoms with van der Waals surface area (Å²) in [6, 6.07) is 0. The van der Waals surface area contributed by atoms with E-state index < -0.39 is 11.6 Å². The Labute approximate surface area is 144 Å². The van der Waals surface area contributed by atoms with Gasteiger partial charge in [-0.15, -0.1) is 0 Å². The van der Waals surface area contributed by atoms with E-state index in [1.165, 1.54) is 0 Å². The number of hydrogen-bond acceptors (Lipinski definition) is 3. The van der Waals surface area contributed by atoms with Crippen molar-refractivity contribution in [3.63, 3.8) is 0 Å². The van der Waals surface area contributed by atoms with Gasteiger partial charge in [0.25, 0.3) is 0 Å². The molecule has 0 aliphatic carbocycles. The molecule has 0 saturated carbocycles. The number of carboxylic acid groups (broad SMARTS) is 1. The zero-order chi connectivity index (χ0) is 18.3. The molecule has 0 aromatic rings. The fraction of sp³-hybridized carbons (Fsp3) is 0.579.